The van der Waals surface area contributed by atoms with Crippen molar-refractivity contribution in [1.29, 1.82) is 0 Å². The zero-order valence-electron chi connectivity index (χ0n) is 13.7. The minimum absolute atomic E-state index is 0.156. The number of rotatable bonds is 7. The number of benzene rings is 1. The van der Waals surface area contributed by atoms with E-state index >= 15 is 0 Å². The number of aromatic nitrogens is 4. The van der Waals surface area contributed by atoms with E-state index in [1.807, 2.05) is 6.92 Å². The molecule has 0 radical (unpaired) electrons. The van der Waals surface area contributed by atoms with Crippen molar-refractivity contribution >= 4 is 5.71 Å². The van der Waals surface area contributed by atoms with Gasteiger partial charge in [-0.3, -0.25) is 0 Å². The first kappa shape index (κ1) is 17.8. The lowest BCUT2D eigenvalue weighted by molar-refractivity contribution is 0.118. The zero-order chi connectivity index (χ0) is 17.7. The smallest absolute Gasteiger partial charge is 0.368 e. The topological polar surface area (TPSA) is 74.3 Å². The summed E-state index contributed by atoms with van der Waals surface area (Å²) in [6, 6.07) is 4.24. The molecule has 9 heteroatoms. The van der Waals surface area contributed by atoms with Gasteiger partial charge < -0.3 is 4.84 Å². The number of hydrogen-bond acceptors (Lipinski definition) is 5. The van der Waals surface area contributed by atoms with Crippen LogP contribution in [0.2, 0.25) is 0 Å². The third-order valence-electron chi connectivity index (χ3n) is 3.41. The maximum absolute atomic E-state index is 13.3. The Balaban J connectivity index is 2.41. The van der Waals surface area contributed by atoms with E-state index in [0.29, 0.717) is 0 Å². The van der Waals surface area contributed by atoms with Crippen molar-refractivity contribution in [3.05, 3.63) is 39.8 Å². The second-order valence-corrected chi connectivity index (χ2v) is 5.29. The molecule has 24 heavy (non-hydrogen) atoms. The second kappa shape index (κ2) is 7.80. The van der Waals surface area contributed by atoms with Crippen LogP contribution in [0.4, 0.5) is 8.78 Å². The van der Waals surface area contributed by atoms with Crippen LogP contribution < -0.4 is 5.69 Å². The first-order valence-corrected chi connectivity index (χ1v) is 7.50. The van der Waals surface area contributed by atoms with Crippen molar-refractivity contribution in [1.82, 2.24) is 19.8 Å². The van der Waals surface area contributed by atoms with Crippen LogP contribution in [-0.2, 0) is 18.5 Å². The molecule has 1 aromatic carbocycles. The summed E-state index contributed by atoms with van der Waals surface area (Å²) in [5, 5.41) is 11.2. The van der Waals surface area contributed by atoms with Crippen molar-refractivity contribution in [3.63, 3.8) is 0 Å². The van der Waals surface area contributed by atoms with Crippen LogP contribution in [0.3, 0.4) is 0 Å². The van der Waals surface area contributed by atoms with Gasteiger partial charge in [-0.15, -0.1) is 0 Å². The van der Waals surface area contributed by atoms with E-state index < -0.39 is 12.1 Å². The first-order valence-electron chi connectivity index (χ1n) is 7.50. The molecule has 2 rings (SSSR count). The Hall–Kier alpha value is -2.58. The Morgan fingerprint density at radius 3 is 2.71 bits per heavy atom. The van der Waals surface area contributed by atoms with Crippen LogP contribution in [0.15, 0.2) is 28.1 Å². The van der Waals surface area contributed by atoms with Crippen LogP contribution >= 0.6 is 0 Å². The van der Waals surface area contributed by atoms with Gasteiger partial charge in [0, 0.05) is 18.2 Å². The van der Waals surface area contributed by atoms with E-state index in [4.69, 9.17) is 4.84 Å². The average molecular weight is 339 g/mol. The molecule has 0 atom stereocenters. The van der Waals surface area contributed by atoms with Crippen LogP contribution in [0.25, 0.3) is 5.69 Å². The summed E-state index contributed by atoms with van der Waals surface area (Å²) in [7, 11) is 1.43. The van der Waals surface area contributed by atoms with Crippen LogP contribution in [0.5, 0.6) is 0 Å². The van der Waals surface area contributed by atoms with Crippen molar-refractivity contribution in [3.8, 4) is 5.69 Å². The maximum Gasteiger partial charge on any atom is 0.368 e. The summed E-state index contributed by atoms with van der Waals surface area (Å²) in [6.45, 7) is 3.61. The zero-order valence-corrected chi connectivity index (χ0v) is 13.7. The maximum atomic E-state index is 13.3. The molecule has 7 nitrogen and oxygen atoms in total. The van der Waals surface area contributed by atoms with Gasteiger partial charge in [0.1, 0.15) is 6.61 Å². The molecule has 2 aromatic rings. The second-order valence-electron chi connectivity index (χ2n) is 5.29. The molecular formula is C15H19F2N5O2. The van der Waals surface area contributed by atoms with E-state index in [1.165, 1.54) is 25.2 Å². The molecule has 1 heterocycles. The van der Waals surface area contributed by atoms with Gasteiger partial charge in [0.15, 0.2) is 0 Å². The fourth-order valence-corrected chi connectivity index (χ4v) is 2.23. The Morgan fingerprint density at radius 2 is 2.12 bits per heavy atom. The third-order valence-corrected chi connectivity index (χ3v) is 3.41. The van der Waals surface area contributed by atoms with Gasteiger partial charge >= 0.3 is 5.69 Å². The molecule has 0 amide bonds. The van der Waals surface area contributed by atoms with Crippen LogP contribution in [0, 0.1) is 0 Å². The minimum Gasteiger partial charge on any atom is -0.391 e. The number of nitrogens with zero attached hydrogens (tertiary/aromatic N) is 5. The molecule has 130 valence electrons. The van der Waals surface area contributed by atoms with Gasteiger partial charge in [0.05, 0.1) is 11.4 Å². The van der Waals surface area contributed by atoms with E-state index in [9.17, 15) is 13.6 Å². The Labute approximate surface area is 137 Å². The Bertz CT molecular complexity index is 782. The van der Waals surface area contributed by atoms with E-state index in [0.717, 1.165) is 27.9 Å². The summed E-state index contributed by atoms with van der Waals surface area (Å²) in [6.07, 6.45) is -1.05. The highest BCUT2D eigenvalue weighted by Gasteiger charge is 2.20. The fourth-order valence-electron chi connectivity index (χ4n) is 2.23. The molecule has 0 aliphatic rings. The number of aryl methyl sites for hydroxylation is 1. The SMILES string of the molecule is CCCC(C)=NOCc1c(C(F)F)cccc1-n1nnn(C)c1=O. The predicted octanol–water partition coefficient (Wildman–Crippen LogP) is 2.60. The summed E-state index contributed by atoms with van der Waals surface area (Å²) < 4.78 is 28.6. The lowest BCUT2D eigenvalue weighted by Gasteiger charge is -2.12. The standard InChI is InChI=1S/C15H19F2N5O2/c1-4-6-10(2)18-24-9-12-11(14(16)17)7-5-8-13(12)22-15(23)21(3)19-20-22/h5,7-8,14H,4,6,9H2,1-3H3. The number of tetrazole rings is 1. The molecule has 0 saturated carbocycles. The van der Waals surface area contributed by atoms with E-state index in [-0.39, 0.29) is 23.4 Å². The minimum atomic E-state index is -2.71. The number of halogens is 2. The van der Waals surface area contributed by atoms with Crippen LogP contribution in [0.1, 0.15) is 44.2 Å². The molecule has 1 aromatic heterocycles. The first-order chi connectivity index (χ1) is 11.5. The molecular weight excluding hydrogens is 320 g/mol. The summed E-state index contributed by atoms with van der Waals surface area (Å²) in [5.41, 5.74) is 0.365. The number of alkyl halides is 2. The largest absolute Gasteiger partial charge is 0.391 e. The lowest BCUT2D eigenvalue weighted by Crippen LogP contribution is -2.23. The average Bonchev–Trinajstić information content (AvgIpc) is 2.87. The molecule has 0 fully saturated rings. The molecule has 0 N–H and O–H groups in total. The van der Waals surface area contributed by atoms with Gasteiger partial charge in [-0.2, -0.15) is 9.36 Å². The number of oxime groups is 1. The highest BCUT2D eigenvalue weighted by molar-refractivity contribution is 5.81. The van der Waals surface area contributed by atoms with Gasteiger partial charge in [-0.05, 0) is 29.8 Å². The van der Waals surface area contributed by atoms with Crippen molar-refractivity contribution in [2.75, 3.05) is 0 Å². The Kier molecular flexibility index (Phi) is 5.78. The highest BCUT2D eigenvalue weighted by Crippen LogP contribution is 2.27. The van der Waals surface area contributed by atoms with Crippen LogP contribution in [-0.4, -0.2) is 25.5 Å². The number of hydrogen-bond donors (Lipinski definition) is 0. The lowest BCUT2D eigenvalue weighted by atomic mass is 10.1. The summed E-state index contributed by atoms with van der Waals surface area (Å²) in [5.74, 6) is 0. The third kappa shape index (κ3) is 3.84. The van der Waals surface area contributed by atoms with E-state index in [2.05, 4.69) is 15.6 Å². The van der Waals surface area contributed by atoms with Crippen molar-refractivity contribution in [2.45, 2.75) is 39.7 Å². The molecule has 0 saturated heterocycles. The van der Waals surface area contributed by atoms with Crippen molar-refractivity contribution in [2.24, 2.45) is 12.2 Å². The fraction of sp³-hybridized carbons (Fsp3) is 0.467. The van der Waals surface area contributed by atoms with Crippen molar-refractivity contribution < 1.29 is 13.6 Å². The van der Waals surface area contributed by atoms with Gasteiger partial charge in [-0.1, -0.05) is 30.6 Å². The summed E-state index contributed by atoms with van der Waals surface area (Å²) in [4.78, 5) is 17.2. The van der Waals surface area contributed by atoms with Gasteiger partial charge in [0.25, 0.3) is 6.43 Å². The highest BCUT2D eigenvalue weighted by atomic mass is 19.3. The predicted molar refractivity (Wildman–Crippen MR) is 84.4 cm³/mol. The molecule has 0 bridgehead atoms. The molecule has 0 spiro atoms. The quantitative estimate of drug-likeness (QED) is 0.574. The normalized spacial score (nSPS) is 12.0. The molecule has 0 unspecified atom stereocenters. The summed E-state index contributed by atoms with van der Waals surface area (Å²) >= 11 is 0. The van der Waals surface area contributed by atoms with Gasteiger partial charge in [-0.25, -0.2) is 13.6 Å². The van der Waals surface area contributed by atoms with E-state index in [1.54, 1.807) is 6.92 Å². The van der Waals surface area contributed by atoms with Gasteiger partial charge in [0.2, 0.25) is 0 Å². The molecule has 0 aliphatic carbocycles. The molecule has 0 aliphatic heterocycles. The monoisotopic (exact) mass is 339 g/mol. The Morgan fingerprint density at radius 1 is 1.38 bits per heavy atom.